The fourth-order valence-electron chi connectivity index (χ4n) is 3.95. The summed E-state index contributed by atoms with van der Waals surface area (Å²) in [5.41, 5.74) is 4.86. The van der Waals surface area contributed by atoms with Crippen LogP contribution in [0.3, 0.4) is 0 Å². The van der Waals surface area contributed by atoms with Gasteiger partial charge in [-0.25, -0.2) is 0 Å². The quantitative estimate of drug-likeness (QED) is 0.206. The van der Waals surface area contributed by atoms with Crippen molar-refractivity contribution in [3.05, 3.63) is 64.7 Å². The van der Waals surface area contributed by atoms with Gasteiger partial charge in [-0.15, -0.1) is 24.0 Å². The van der Waals surface area contributed by atoms with E-state index < -0.39 is 0 Å². The van der Waals surface area contributed by atoms with Crippen molar-refractivity contribution in [3.63, 3.8) is 0 Å². The standard InChI is InChI=1S/C26H34N4O2.HI/c1-19-9-12-21(24(14-19)32-18-20-10-11-20)15-29-26(27-2)28-13-5-8-25(31)30-16-22-6-3-4-7-23(22)17-30;/h3-4,6-7,9,12,14,20H,5,8,10-11,13,15-18H2,1-2H3,(H2,27,28,29);1H. The Bertz CT molecular complexity index is 950. The molecular formula is C26H35IN4O2. The second kappa shape index (κ2) is 12.3. The Balaban J connectivity index is 0.00000306. The predicted molar refractivity (Wildman–Crippen MR) is 143 cm³/mol. The molecule has 2 aromatic rings. The molecule has 2 aromatic carbocycles. The normalized spacial score (nSPS) is 15.0. The lowest BCUT2D eigenvalue weighted by Crippen LogP contribution is -2.37. The van der Waals surface area contributed by atoms with E-state index in [1.807, 2.05) is 17.0 Å². The highest BCUT2D eigenvalue weighted by molar-refractivity contribution is 14.0. The molecule has 1 saturated carbocycles. The number of halogens is 1. The first-order chi connectivity index (χ1) is 15.6. The summed E-state index contributed by atoms with van der Waals surface area (Å²) < 4.78 is 6.06. The van der Waals surface area contributed by atoms with Crippen LogP contribution in [0.1, 0.15) is 47.9 Å². The van der Waals surface area contributed by atoms with Crippen molar-refractivity contribution in [3.8, 4) is 5.75 Å². The fraction of sp³-hybridized carbons (Fsp3) is 0.462. The number of amides is 1. The van der Waals surface area contributed by atoms with Crippen LogP contribution in [0.4, 0.5) is 0 Å². The summed E-state index contributed by atoms with van der Waals surface area (Å²) in [6, 6.07) is 14.6. The third-order valence-corrected chi connectivity index (χ3v) is 6.12. The fourth-order valence-corrected chi connectivity index (χ4v) is 3.95. The number of guanidine groups is 1. The zero-order valence-corrected chi connectivity index (χ0v) is 21.9. The first-order valence-electron chi connectivity index (χ1n) is 11.6. The molecule has 0 spiro atoms. The van der Waals surface area contributed by atoms with Gasteiger partial charge >= 0.3 is 0 Å². The summed E-state index contributed by atoms with van der Waals surface area (Å²) in [6.45, 7) is 5.69. The Morgan fingerprint density at radius 3 is 2.52 bits per heavy atom. The van der Waals surface area contributed by atoms with Gasteiger partial charge in [-0.3, -0.25) is 9.79 Å². The van der Waals surface area contributed by atoms with Gasteiger partial charge in [0.2, 0.25) is 5.91 Å². The van der Waals surface area contributed by atoms with Crippen LogP contribution in [-0.2, 0) is 24.4 Å². The molecule has 1 amide bonds. The van der Waals surface area contributed by atoms with Gasteiger partial charge in [-0.1, -0.05) is 36.4 Å². The number of ether oxygens (including phenoxy) is 1. The lowest BCUT2D eigenvalue weighted by atomic mass is 10.1. The largest absolute Gasteiger partial charge is 0.493 e. The molecule has 2 N–H and O–H groups in total. The van der Waals surface area contributed by atoms with Crippen LogP contribution < -0.4 is 15.4 Å². The zero-order chi connectivity index (χ0) is 22.3. The number of carbonyl (C=O) groups is 1. The number of nitrogens with zero attached hydrogens (tertiary/aromatic N) is 2. The molecule has 0 radical (unpaired) electrons. The van der Waals surface area contributed by atoms with Crippen molar-refractivity contribution in [2.75, 3.05) is 20.2 Å². The molecule has 1 aliphatic carbocycles. The van der Waals surface area contributed by atoms with Crippen molar-refractivity contribution in [1.82, 2.24) is 15.5 Å². The van der Waals surface area contributed by atoms with E-state index in [0.29, 0.717) is 19.5 Å². The Labute approximate surface area is 214 Å². The van der Waals surface area contributed by atoms with Crippen LogP contribution in [0.25, 0.3) is 0 Å². The Morgan fingerprint density at radius 2 is 1.85 bits per heavy atom. The average molecular weight is 562 g/mol. The second-order valence-electron chi connectivity index (χ2n) is 8.84. The lowest BCUT2D eigenvalue weighted by molar-refractivity contribution is -0.131. The van der Waals surface area contributed by atoms with Crippen LogP contribution >= 0.6 is 24.0 Å². The number of rotatable bonds is 9. The van der Waals surface area contributed by atoms with Gasteiger partial charge in [0.05, 0.1) is 6.61 Å². The van der Waals surface area contributed by atoms with E-state index >= 15 is 0 Å². The molecule has 4 rings (SSSR count). The number of fused-ring (bicyclic) bond motifs is 1. The molecule has 1 heterocycles. The zero-order valence-electron chi connectivity index (χ0n) is 19.6. The highest BCUT2D eigenvalue weighted by Crippen LogP contribution is 2.30. The van der Waals surface area contributed by atoms with Crippen LogP contribution in [0.2, 0.25) is 0 Å². The van der Waals surface area contributed by atoms with Crippen molar-refractivity contribution < 1.29 is 9.53 Å². The molecule has 2 aliphatic rings. The smallest absolute Gasteiger partial charge is 0.223 e. The molecule has 1 aliphatic heterocycles. The topological polar surface area (TPSA) is 66.0 Å². The SMILES string of the molecule is CN=C(NCCCC(=O)N1Cc2ccccc2C1)NCc1ccc(C)cc1OCC1CC1.I. The molecule has 0 bridgehead atoms. The first-order valence-corrected chi connectivity index (χ1v) is 11.6. The van der Waals surface area contributed by atoms with Crippen LogP contribution in [0, 0.1) is 12.8 Å². The minimum Gasteiger partial charge on any atom is -0.493 e. The Hall–Kier alpha value is -2.29. The molecule has 1 fully saturated rings. The summed E-state index contributed by atoms with van der Waals surface area (Å²) in [5, 5.41) is 6.69. The molecular weight excluding hydrogens is 527 g/mol. The van der Waals surface area contributed by atoms with E-state index in [9.17, 15) is 4.79 Å². The van der Waals surface area contributed by atoms with Gasteiger partial charge in [0.1, 0.15) is 5.75 Å². The summed E-state index contributed by atoms with van der Waals surface area (Å²) in [6.07, 6.45) is 3.87. The highest BCUT2D eigenvalue weighted by atomic mass is 127. The van der Waals surface area contributed by atoms with Crippen LogP contribution in [0.5, 0.6) is 5.75 Å². The summed E-state index contributed by atoms with van der Waals surface area (Å²) in [7, 11) is 1.77. The number of carbonyl (C=O) groups excluding carboxylic acids is 1. The second-order valence-corrected chi connectivity index (χ2v) is 8.84. The number of aliphatic imine (C=N–C) groups is 1. The molecule has 7 heteroatoms. The van der Waals surface area contributed by atoms with E-state index in [0.717, 1.165) is 49.3 Å². The summed E-state index contributed by atoms with van der Waals surface area (Å²) in [5.74, 6) is 2.63. The Morgan fingerprint density at radius 1 is 1.12 bits per heavy atom. The molecule has 0 saturated heterocycles. The molecule has 33 heavy (non-hydrogen) atoms. The number of aryl methyl sites for hydroxylation is 1. The first kappa shape index (κ1) is 25.3. The molecule has 0 unspecified atom stereocenters. The van der Waals surface area contributed by atoms with E-state index in [-0.39, 0.29) is 29.9 Å². The number of hydrogen-bond donors (Lipinski definition) is 2. The van der Waals surface area contributed by atoms with Gasteiger partial charge in [-0.05, 0) is 54.9 Å². The lowest BCUT2D eigenvalue weighted by Gasteiger charge is -2.17. The highest BCUT2D eigenvalue weighted by Gasteiger charge is 2.23. The molecule has 0 aromatic heterocycles. The van der Waals surface area contributed by atoms with E-state index in [4.69, 9.17) is 4.74 Å². The number of benzene rings is 2. The van der Waals surface area contributed by atoms with E-state index in [1.165, 1.54) is 29.5 Å². The van der Waals surface area contributed by atoms with E-state index in [2.05, 4.69) is 52.9 Å². The maximum absolute atomic E-state index is 12.6. The van der Waals surface area contributed by atoms with Crippen LogP contribution in [-0.4, -0.2) is 37.0 Å². The summed E-state index contributed by atoms with van der Waals surface area (Å²) in [4.78, 5) is 18.8. The van der Waals surface area contributed by atoms with Gasteiger partial charge in [-0.2, -0.15) is 0 Å². The summed E-state index contributed by atoms with van der Waals surface area (Å²) >= 11 is 0. The molecule has 6 nitrogen and oxygen atoms in total. The van der Waals surface area contributed by atoms with Gasteiger partial charge < -0.3 is 20.3 Å². The Kier molecular flexibility index (Phi) is 9.41. The maximum atomic E-state index is 12.6. The van der Waals surface area contributed by atoms with Gasteiger partial charge in [0.15, 0.2) is 5.96 Å². The number of hydrogen-bond acceptors (Lipinski definition) is 3. The predicted octanol–water partition coefficient (Wildman–Crippen LogP) is 4.39. The third kappa shape index (κ3) is 7.35. The van der Waals surface area contributed by atoms with Crippen molar-refractivity contribution in [1.29, 1.82) is 0 Å². The minimum atomic E-state index is 0. The molecule has 0 atom stereocenters. The average Bonchev–Trinajstić information content (AvgIpc) is 3.53. The van der Waals surface area contributed by atoms with Crippen molar-refractivity contribution in [2.24, 2.45) is 10.9 Å². The molecule has 178 valence electrons. The van der Waals surface area contributed by atoms with Crippen LogP contribution in [0.15, 0.2) is 47.5 Å². The van der Waals surface area contributed by atoms with Gasteiger partial charge in [0, 0.05) is 45.2 Å². The van der Waals surface area contributed by atoms with Crippen molar-refractivity contribution in [2.45, 2.75) is 52.2 Å². The van der Waals surface area contributed by atoms with Gasteiger partial charge in [0.25, 0.3) is 0 Å². The third-order valence-electron chi connectivity index (χ3n) is 6.12. The monoisotopic (exact) mass is 562 g/mol. The van der Waals surface area contributed by atoms with Crippen molar-refractivity contribution >= 4 is 35.8 Å². The van der Waals surface area contributed by atoms with E-state index in [1.54, 1.807) is 7.05 Å². The maximum Gasteiger partial charge on any atom is 0.223 e. The minimum absolute atomic E-state index is 0. The number of nitrogens with one attached hydrogen (secondary N) is 2.